The standard InChI is InChI=1S/C13H15FN2O4/c14-10-6-16(13(18)19)7-11(10)15-12(17)20-8-9-4-2-1-3-5-9/h1-5,10-11H,6-8H2,(H,15,17)(H,18,19)/t10-,11+/m1/s1. The maximum atomic E-state index is 13.5. The summed E-state index contributed by atoms with van der Waals surface area (Å²) in [6.45, 7) is -0.227. The normalized spacial score (nSPS) is 21.6. The smallest absolute Gasteiger partial charge is 0.407 e. The molecule has 0 aromatic heterocycles. The number of rotatable bonds is 3. The predicted octanol–water partition coefficient (Wildman–Crippen LogP) is 1.61. The van der Waals surface area contributed by atoms with Crippen LogP contribution in [0.2, 0.25) is 0 Å². The van der Waals surface area contributed by atoms with Gasteiger partial charge in [0, 0.05) is 6.54 Å². The van der Waals surface area contributed by atoms with E-state index >= 15 is 0 Å². The molecule has 7 heteroatoms. The fourth-order valence-corrected chi connectivity index (χ4v) is 1.97. The van der Waals surface area contributed by atoms with Gasteiger partial charge in [-0.3, -0.25) is 0 Å². The number of hydrogen-bond acceptors (Lipinski definition) is 3. The molecular formula is C13H15FN2O4. The number of benzene rings is 1. The van der Waals surface area contributed by atoms with Crippen molar-refractivity contribution in [1.82, 2.24) is 10.2 Å². The first-order chi connectivity index (χ1) is 9.56. The highest BCUT2D eigenvalue weighted by Gasteiger charge is 2.36. The Kier molecular flexibility index (Phi) is 4.39. The zero-order valence-electron chi connectivity index (χ0n) is 10.7. The second-order valence-electron chi connectivity index (χ2n) is 4.52. The van der Waals surface area contributed by atoms with Crippen LogP contribution in [0.5, 0.6) is 0 Å². The number of ether oxygens (including phenoxy) is 1. The van der Waals surface area contributed by atoms with Crippen LogP contribution in [0.1, 0.15) is 5.56 Å². The summed E-state index contributed by atoms with van der Waals surface area (Å²) >= 11 is 0. The van der Waals surface area contributed by atoms with Gasteiger partial charge in [-0.2, -0.15) is 0 Å². The fourth-order valence-electron chi connectivity index (χ4n) is 1.97. The van der Waals surface area contributed by atoms with Gasteiger partial charge in [-0.05, 0) is 5.56 Å². The van der Waals surface area contributed by atoms with E-state index in [-0.39, 0.29) is 19.7 Å². The van der Waals surface area contributed by atoms with Crippen molar-refractivity contribution in [3.05, 3.63) is 35.9 Å². The van der Waals surface area contributed by atoms with Crippen molar-refractivity contribution < 1.29 is 23.8 Å². The summed E-state index contributed by atoms with van der Waals surface area (Å²) in [5.41, 5.74) is 0.818. The molecule has 1 aliphatic rings. The largest absolute Gasteiger partial charge is 0.465 e. The van der Waals surface area contributed by atoms with E-state index in [1.807, 2.05) is 18.2 Å². The zero-order chi connectivity index (χ0) is 14.5. The Morgan fingerprint density at radius 1 is 1.35 bits per heavy atom. The number of hydrogen-bond donors (Lipinski definition) is 2. The molecule has 20 heavy (non-hydrogen) atoms. The lowest BCUT2D eigenvalue weighted by Crippen LogP contribution is -2.41. The van der Waals surface area contributed by atoms with Crippen molar-refractivity contribution in [2.45, 2.75) is 18.8 Å². The Morgan fingerprint density at radius 2 is 2.05 bits per heavy atom. The Labute approximate surface area is 115 Å². The molecule has 2 atom stereocenters. The van der Waals surface area contributed by atoms with Crippen molar-refractivity contribution in [3.8, 4) is 0 Å². The second kappa shape index (κ2) is 6.23. The average Bonchev–Trinajstić information content (AvgIpc) is 2.79. The highest BCUT2D eigenvalue weighted by molar-refractivity contribution is 5.69. The molecule has 1 fully saturated rings. The Morgan fingerprint density at radius 3 is 2.65 bits per heavy atom. The van der Waals surface area contributed by atoms with Crippen LogP contribution < -0.4 is 5.32 Å². The third-order valence-electron chi connectivity index (χ3n) is 3.04. The molecule has 1 saturated heterocycles. The van der Waals surface area contributed by atoms with Crippen LogP contribution in [0.25, 0.3) is 0 Å². The number of amides is 2. The minimum absolute atomic E-state index is 0.0725. The second-order valence-corrected chi connectivity index (χ2v) is 4.52. The van der Waals surface area contributed by atoms with Crippen LogP contribution >= 0.6 is 0 Å². The third kappa shape index (κ3) is 3.59. The third-order valence-corrected chi connectivity index (χ3v) is 3.04. The minimum atomic E-state index is -1.42. The van der Waals surface area contributed by atoms with E-state index < -0.39 is 24.4 Å². The molecule has 2 amide bonds. The fraction of sp³-hybridized carbons (Fsp3) is 0.385. The van der Waals surface area contributed by atoms with E-state index in [1.54, 1.807) is 12.1 Å². The van der Waals surface area contributed by atoms with Gasteiger partial charge in [-0.15, -0.1) is 0 Å². The molecule has 0 unspecified atom stereocenters. The van der Waals surface area contributed by atoms with E-state index in [4.69, 9.17) is 9.84 Å². The Balaban J connectivity index is 1.79. The predicted molar refractivity (Wildman–Crippen MR) is 68.0 cm³/mol. The van der Waals surface area contributed by atoms with E-state index in [0.29, 0.717) is 0 Å². The molecule has 0 aliphatic carbocycles. The van der Waals surface area contributed by atoms with Crippen molar-refractivity contribution in [2.24, 2.45) is 0 Å². The van der Waals surface area contributed by atoms with Crippen LogP contribution in [0.4, 0.5) is 14.0 Å². The molecular weight excluding hydrogens is 267 g/mol. The molecule has 2 rings (SSSR count). The van der Waals surface area contributed by atoms with E-state index in [9.17, 15) is 14.0 Å². The van der Waals surface area contributed by atoms with E-state index in [1.165, 1.54) is 0 Å². The Bertz CT molecular complexity index is 483. The van der Waals surface area contributed by atoms with Gasteiger partial charge in [0.2, 0.25) is 0 Å². The summed E-state index contributed by atoms with van der Waals surface area (Å²) in [5, 5.41) is 11.1. The van der Waals surface area contributed by atoms with Gasteiger partial charge in [0.05, 0.1) is 12.6 Å². The van der Waals surface area contributed by atoms with Crippen LogP contribution in [0.3, 0.4) is 0 Å². The average molecular weight is 282 g/mol. The van der Waals surface area contributed by atoms with E-state index in [2.05, 4.69) is 5.32 Å². The van der Waals surface area contributed by atoms with Gasteiger partial charge in [0.15, 0.2) is 0 Å². The number of nitrogens with one attached hydrogen (secondary N) is 1. The van der Waals surface area contributed by atoms with Crippen molar-refractivity contribution >= 4 is 12.2 Å². The first kappa shape index (κ1) is 14.1. The maximum absolute atomic E-state index is 13.5. The lowest BCUT2D eigenvalue weighted by Gasteiger charge is -2.14. The molecule has 1 aromatic carbocycles. The summed E-state index contributed by atoms with van der Waals surface area (Å²) < 4.78 is 18.5. The quantitative estimate of drug-likeness (QED) is 0.883. The highest BCUT2D eigenvalue weighted by atomic mass is 19.1. The number of alkyl carbamates (subject to hydrolysis) is 1. The molecule has 1 heterocycles. The van der Waals surface area contributed by atoms with Gasteiger partial charge < -0.3 is 20.1 Å². The molecule has 108 valence electrons. The number of nitrogens with zero attached hydrogens (tertiary/aromatic N) is 1. The number of likely N-dealkylation sites (tertiary alicyclic amines) is 1. The molecule has 1 aliphatic heterocycles. The molecule has 2 N–H and O–H groups in total. The molecule has 1 aromatic rings. The van der Waals surface area contributed by atoms with Crippen LogP contribution in [0.15, 0.2) is 30.3 Å². The topological polar surface area (TPSA) is 78.9 Å². The van der Waals surface area contributed by atoms with Crippen LogP contribution in [0, 0.1) is 0 Å². The van der Waals surface area contributed by atoms with Gasteiger partial charge in [0.1, 0.15) is 12.8 Å². The summed E-state index contributed by atoms with van der Waals surface area (Å²) in [4.78, 5) is 23.2. The summed E-state index contributed by atoms with van der Waals surface area (Å²) in [7, 11) is 0. The van der Waals surface area contributed by atoms with Crippen molar-refractivity contribution in [3.63, 3.8) is 0 Å². The molecule has 6 nitrogen and oxygen atoms in total. The first-order valence-corrected chi connectivity index (χ1v) is 6.15. The molecule has 0 bridgehead atoms. The van der Waals surface area contributed by atoms with E-state index in [0.717, 1.165) is 10.5 Å². The zero-order valence-corrected chi connectivity index (χ0v) is 10.7. The maximum Gasteiger partial charge on any atom is 0.407 e. The number of halogens is 1. The van der Waals surface area contributed by atoms with Crippen molar-refractivity contribution in [2.75, 3.05) is 13.1 Å². The summed E-state index contributed by atoms with van der Waals surface area (Å²) in [5.74, 6) is 0. The monoisotopic (exact) mass is 282 g/mol. The lowest BCUT2D eigenvalue weighted by molar-refractivity contribution is 0.131. The number of carbonyl (C=O) groups is 2. The molecule has 0 spiro atoms. The summed E-state index contributed by atoms with van der Waals surface area (Å²) in [6.07, 6.45) is -3.38. The highest BCUT2D eigenvalue weighted by Crippen LogP contribution is 2.14. The van der Waals surface area contributed by atoms with Crippen LogP contribution in [-0.2, 0) is 11.3 Å². The number of carbonyl (C=O) groups excluding carboxylic acids is 1. The van der Waals surface area contributed by atoms with Gasteiger partial charge in [-0.1, -0.05) is 30.3 Å². The summed E-state index contributed by atoms with van der Waals surface area (Å²) in [6, 6.07) is 8.21. The SMILES string of the molecule is O=C(N[C@H]1CN(C(=O)O)C[C@H]1F)OCc1ccccc1. The number of alkyl halides is 1. The van der Waals surface area contributed by atoms with Gasteiger partial charge in [0.25, 0.3) is 0 Å². The number of carboxylic acid groups (broad SMARTS) is 1. The van der Waals surface area contributed by atoms with Crippen LogP contribution in [-0.4, -0.2) is 47.5 Å². The minimum Gasteiger partial charge on any atom is -0.465 e. The molecule has 0 saturated carbocycles. The Hall–Kier alpha value is -2.31. The van der Waals surface area contributed by atoms with Gasteiger partial charge >= 0.3 is 12.2 Å². The first-order valence-electron chi connectivity index (χ1n) is 6.15. The van der Waals surface area contributed by atoms with Crippen molar-refractivity contribution in [1.29, 1.82) is 0 Å². The lowest BCUT2D eigenvalue weighted by atomic mass is 10.2. The molecule has 0 radical (unpaired) electrons. The van der Waals surface area contributed by atoms with Gasteiger partial charge in [-0.25, -0.2) is 14.0 Å².